The maximum absolute atomic E-state index is 10.5. The van der Waals surface area contributed by atoms with Gasteiger partial charge in [-0.1, -0.05) is 33.1 Å². The van der Waals surface area contributed by atoms with E-state index in [0.717, 1.165) is 19.3 Å². The molecule has 0 amide bonds. The van der Waals surface area contributed by atoms with Gasteiger partial charge >= 0.3 is 5.97 Å². The van der Waals surface area contributed by atoms with E-state index in [1.165, 1.54) is 0 Å². The number of nitrogens with two attached hydrogens (primary N) is 1. The molecule has 84 valence electrons. The molecule has 4 heteroatoms. The van der Waals surface area contributed by atoms with Gasteiger partial charge in [-0.3, -0.25) is 4.79 Å². The van der Waals surface area contributed by atoms with E-state index in [1.54, 1.807) is 6.92 Å². The molecule has 0 aromatic rings. The van der Waals surface area contributed by atoms with Crippen LogP contribution in [0.2, 0.25) is 0 Å². The summed E-state index contributed by atoms with van der Waals surface area (Å²) < 4.78 is 0. The number of aliphatic carboxylic acids is 1. The smallest absolute Gasteiger partial charge is 0.320 e. The Kier molecular flexibility index (Phi) is 6.49. The van der Waals surface area contributed by atoms with E-state index in [1.807, 2.05) is 0 Å². The number of hydrogen-bond acceptors (Lipinski definition) is 3. The Morgan fingerprint density at radius 3 is 2.43 bits per heavy atom. The zero-order chi connectivity index (χ0) is 11.1. The Morgan fingerprint density at radius 1 is 1.43 bits per heavy atom. The Labute approximate surface area is 85.1 Å². The maximum atomic E-state index is 10.5. The third-order valence-electron chi connectivity index (χ3n) is 2.56. The van der Waals surface area contributed by atoms with Crippen molar-refractivity contribution in [2.24, 2.45) is 11.7 Å². The molecule has 0 fully saturated rings. The lowest BCUT2D eigenvalue weighted by Gasteiger charge is -2.21. The maximum Gasteiger partial charge on any atom is 0.320 e. The Morgan fingerprint density at radius 2 is 2.00 bits per heavy atom. The van der Waals surface area contributed by atoms with Gasteiger partial charge in [0.05, 0.1) is 6.10 Å². The minimum absolute atomic E-state index is 0.385. The fourth-order valence-electron chi connectivity index (χ4n) is 1.33. The third-order valence-corrected chi connectivity index (χ3v) is 2.56. The highest BCUT2D eigenvalue weighted by molar-refractivity contribution is 5.73. The molecule has 0 aliphatic heterocycles. The summed E-state index contributed by atoms with van der Waals surface area (Å²) in [6, 6.07) is -0.966. The van der Waals surface area contributed by atoms with Crippen LogP contribution in [0.5, 0.6) is 0 Å². The summed E-state index contributed by atoms with van der Waals surface area (Å²) in [7, 11) is 0. The molecular formula is C10H21NO3. The molecule has 0 saturated carbocycles. The Bertz CT molecular complexity index is 173. The van der Waals surface area contributed by atoms with E-state index in [4.69, 9.17) is 10.8 Å². The molecule has 0 heterocycles. The first-order valence-corrected chi connectivity index (χ1v) is 5.17. The zero-order valence-corrected chi connectivity index (χ0v) is 8.94. The van der Waals surface area contributed by atoms with Crippen LogP contribution >= 0.6 is 0 Å². The fraction of sp³-hybridized carbons (Fsp3) is 0.900. The predicted octanol–water partition coefficient (Wildman–Crippen LogP) is 0.976. The lowest BCUT2D eigenvalue weighted by Crippen LogP contribution is -2.42. The molecule has 14 heavy (non-hydrogen) atoms. The molecule has 4 N–H and O–H groups in total. The summed E-state index contributed by atoms with van der Waals surface area (Å²) in [5.74, 6) is -1.43. The first kappa shape index (κ1) is 13.4. The summed E-state index contributed by atoms with van der Waals surface area (Å²) in [5, 5.41) is 18.3. The minimum atomic E-state index is -1.05. The van der Waals surface area contributed by atoms with Crippen molar-refractivity contribution in [3.8, 4) is 0 Å². The summed E-state index contributed by atoms with van der Waals surface area (Å²) in [6.07, 6.45) is 3.11. The van der Waals surface area contributed by atoms with Crippen molar-refractivity contribution in [2.45, 2.75) is 51.7 Å². The van der Waals surface area contributed by atoms with Gasteiger partial charge in [-0.25, -0.2) is 0 Å². The van der Waals surface area contributed by atoms with Crippen LogP contribution in [-0.2, 0) is 4.79 Å². The number of carboxylic acid groups (broad SMARTS) is 1. The molecule has 0 aromatic carbocycles. The number of rotatable bonds is 7. The minimum Gasteiger partial charge on any atom is -0.480 e. The number of unbranched alkanes of at least 4 members (excludes halogenated alkanes) is 2. The molecule has 0 bridgehead atoms. The van der Waals surface area contributed by atoms with Gasteiger partial charge in [-0.15, -0.1) is 0 Å². The third kappa shape index (κ3) is 4.58. The molecule has 0 spiro atoms. The highest BCUT2D eigenvalue weighted by Gasteiger charge is 2.25. The van der Waals surface area contributed by atoms with Crippen LogP contribution in [0, 0.1) is 5.92 Å². The summed E-state index contributed by atoms with van der Waals surface area (Å²) in [5.41, 5.74) is 5.41. The van der Waals surface area contributed by atoms with E-state index in [-0.39, 0.29) is 5.92 Å². The lowest BCUT2D eigenvalue weighted by molar-refractivity contribution is -0.140. The molecule has 4 nitrogen and oxygen atoms in total. The normalized spacial score (nSPS) is 17.4. The second kappa shape index (κ2) is 6.79. The van der Waals surface area contributed by atoms with E-state index in [0.29, 0.717) is 6.42 Å². The standard InChI is InChI=1S/C10H21NO3/c1-3-4-5-6-8(12)7(2)9(11)10(13)14/h7-9,12H,3-6,11H2,1-2H3,(H,13,14). The predicted molar refractivity (Wildman–Crippen MR) is 54.9 cm³/mol. The number of aliphatic hydroxyl groups is 1. The topological polar surface area (TPSA) is 83.5 Å². The van der Waals surface area contributed by atoms with Crippen LogP contribution in [0.25, 0.3) is 0 Å². The van der Waals surface area contributed by atoms with Gasteiger partial charge in [0.15, 0.2) is 0 Å². The average molecular weight is 203 g/mol. The van der Waals surface area contributed by atoms with Crippen molar-refractivity contribution in [1.82, 2.24) is 0 Å². The number of carboxylic acids is 1. The SMILES string of the molecule is CCCCCC(O)C(C)C(N)C(=O)O. The van der Waals surface area contributed by atoms with E-state index in [2.05, 4.69) is 6.92 Å². The second-order valence-corrected chi connectivity index (χ2v) is 3.79. The molecule has 0 aliphatic rings. The van der Waals surface area contributed by atoms with Crippen molar-refractivity contribution in [3.63, 3.8) is 0 Å². The van der Waals surface area contributed by atoms with Crippen molar-refractivity contribution in [2.75, 3.05) is 0 Å². The van der Waals surface area contributed by atoms with E-state index in [9.17, 15) is 9.90 Å². The first-order chi connectivity index (χ1) is 6.50. The van der Waals surface area contributed by atoms with Crippen molar-refractivity contribution in [3.05, 3.63) is 0 Å². The van der Waals surface area contributed by atoms with Gasteiger partial charge in [0.2, 0.25) is 0 Å². The second-order valence-electron chi connectivity index (χ2n) is 3.79. The van der Waals surface area contributed by atoms with Crippen LogP contribution in [0.3, 0.4) is 0 Å². The highest BCUT2D eigenvalue weighted by Crippen LogP contribution is 2.14. The number of carbonyl (C=O) groups is 1. The van der Waals surface area contributed by atoms with Crippen molar-refractivity contribution >= 4 is 5.97 Å². The quantitative estimate of drug-likeness (QED) is 0.538. The molecule has 3 unspecified atom stereocenters. The number of hydrogen-bond donors (Lipinski definition) is 3. The molecule has 3 atom stereocenters. The van der Waals surface area contributed by atoms with Gasteiger partial charge in [0.25, 0.3) is 0 Å². The van der Waals surface area contributed by atoms with Crippen LogP contribution in [0.15, 0.2) is 0 Å². The summed E-state index contributed by atoms with van der Waals surface area (Å²) in [4.78, 5) is 10.5. The summed E-state index contributed by atoms with van der Waals surface area (Å²) >= 11 is 0. The molecule has 0 aromatic heterocycles. The van der Waals surface area contributed by atoms with Gasteiger partial charge in [0.1, 0.15) is 6.04 Å². The summed E-state index contributed by atoms with van der Waals surface area (Å²) in [6.45, 7) is 3.76. The molecular weight excluding hydrogens is 182 g/mol. The van der Waals surface area contributed by atoms with Crippen LogP contribution < -0.4 is 5.73 Å². The largest absolute Gasteiger partial charge is 0.480 e. The molecule has 0 radical (unpaired) electrons. The van der Waals surface area contributed by atoms with Gasteiger partial charge < -0.3 is 15.9 Å². The molecule has 0 saturated heterocycles. The molecule has 0 rings (SSSR count). The first-order valence-electron chi connectivity index (χ1n) is 5.17. The fourth-order valence-corrected chi connectivity index (χ4v) is 1.33. The van der Waals surface area contributed by atoms with Crippen molar-refractivity contribution < 1.29 is 15.0 Å². The van der Waals surface area contributed by atoms with E-state index < -0.39 is 18.1 Å². The zero-order valence-electron chi connectivity index (χ0n) is 8.94. The van der Waals surface area contributed by atoms with Gasteiger partial charge in [0, 0.05) is 5.92 Å². The lowest BCUT2D eigenvalue weighted by atomic mass is 9.93. The van der Waals surface area contributed by atoms with E-state index >= 15 is 0 Å². The van der Waals surface area contributed by atoms with Gasteiger partial charge in [-0.2, -0.15) is 0 Å². The Balaban J connectivity index is 3.85. The Hall–Kier alpha value is -0.610. The molecule has 0 aliphatic carbocycles. The van der Waals surface area contributed by atoms with Crippen molar-refractivity contribution in [1.29, 1.82) is 0 Å². The van der Waals surface area contributed by atoms with Crippen LogP contribution in [0.4, 0.5) is 0 Å². The number of aliphatic hydroxyl groups excluding tert-OH is 1. The monoisotopic (exact) mass is 203 g/mol. The van der Waals surface area contributed by atoms with Gasteiger partial charge in [-0.05, 0) is 6.42 Å². The van der Waals surface area contributed by atoms with Crippen LogP contribution in [0.1, 0.15) is 39.5 Å². The average Bonchev–Trinajstić information content (AvgIpc) is 2.15. The van der Waals surface area contributed by atoms with Crippen LogP contribution in [-0.4, -0.2) is 28.3 Å². The highest BCUT2D eigenvalue weighted by atomic mass is 16.4.